The molecule has 0 spiro atoms. The van der Waals surface area contributed by atoms with E-state index in [0.717, 1.165) is 31.2 Å². The van der Waals surface area contributed by atoms with E-state index in [1.165, 1.54) is 42.8 Å². The Bertz CT molecular complexity index is 1060. The van der Waals surface area contributed by atoms with Gasteiger partial charge in [-0.25, -0.2) is 16.8 Å². The summed E-state index contributed by atoms with van der Waals surface area (Å²) in [4.78, 5) is 2.17. The summed E-state index contributed by atoms with van der Waals surface area (Å²) in [6, 6.07) is 13.2. The molecule has 0 saturated heterocycles. The van der Waals surface area contributed by atoms with E-state index in [-0.39, 0.29) is 9.79 Å². The Hall–Kier alpha value is -2.28. The van der Waals surface area contributed by atoms with Gasteiger partial charge >= 0.3 is 4.38 Å². The van der Waals surface area contributed by atoms with Crippen LogP contribution in [0.1, 0.15) is 43.6 Å². The van der Waals surface area contributed by atoms with Crippen LogP contribution in [-0.2, 0) is 19.7 Å². The summed E-state index contributed by atoms with van der Waals surface area (Å²) in [6.07, 6.45) is 5.66. The largest absolute Gasteiger partial charge is 0.504 e. The summed E-state index contributed by atoms with van der Waals surface area (Å²) < 4.78 is 49.6. The smallest absolute Gasteiger partial charge is 0.359 e. The van der Waals surface area contributed by atoms with Crippen LogP contribution in [0.25, 0.3) is 5.53 Å². The third-order valence-corrected chi connectivity index (χ3v) is 9.05. The topological polar surface area (TPSA) is 105 Å². The first-order valence-electron chi connectivity index (χ1n) is 8.74. The number of nitrogens with zero attached hydrogens (tertiary/aromatic N) is 2. The number of hydrogen-bond donors (Lipinski definition) is 0. The molecule has 0 bridgehead atoms. The average molecular weight is 405 g/mol. The Morgan fingerprint density at radius 1 is 0.778 bits per heavy atom. The molecule has 1 saturated carbocycles. The number of sulfone groups is 2. The van der Waals surface area contributed by atoms with Gasteiger partial charge in [0.2, 0.25) is 0 Å². The monoisotopic (exact) mass is 404 g/mol. The zero-order chi connectivity index (χ0) is 19.5. The van der Waals surface area contributed by atoms with E-state index in [1.54, 1.807) is 18.2 Å². The van der Waals surface area contributed by atoms with Crippen LogP contribution < -0.4 is 0 Å². The third kappa shape index (κ3) is 3.88. The Labute approximate surface area is 159 Å². The van der Waals surface area contributed by atoms with Crippen molar-refractivity contribution in [3.05, 3.63) is 65.7 Å². The van der Waals surface area contributed by atoms with Gasteiger partial charge < -0.3 is 5.53 Å². The van der Waals surface area contributed by atoms with Gasteiger partial charge in [0.05, 0.1) is 9.79 Å². The van der Waals surface area contributed by atoms with Crippen LogP contribution in [0.2, 0.25) is 0 Å². The fraction of sp³-hybridized carbons (Fsp3) is 0.316. The molecule has 0 aliphatic heterocycles. The molecule has 1 aliphatic rings. The van der Waals surface area contributed by atoms with Gasteiger partial charge in [-0.05, 0) is 48.6 Å². The first-order chi connectivity index (χ1) is 12.9. The van der Waals surface area contributed by atoms with Gasteiger partial charge in [0.1, 0.15) is 0 Å². The lowest BCUT2D eigenvalue weighted by molar-refractivity contribution is 0.00380. The summed E-state index contributed by atoms with van der Waals surface area (Å²) in [5.74, 6) is 0.398. The molecule has 0 radical (unpaired) electrons. The van der Waals surface area contributed by atoms with Gasteiger partial charge in [-0.3, -0.25) is 0 Å². The minimum absolute atomic E-state index is 0.214. The molecule has 3 rings (SSSR count). The molecule has 0 unspecified atom stereocenters. The lowest BCUT2D eigenvalue weighted by Gasteiger charge is -2.21. The molecule has 1 fully saturated rings. The van der Waals surface area contributed by atoms with E-state index in [2.05, 4.69) is 4.79 Å². The average Bonchev–Trinajstić information content (AvgIpc) is 2.69. The normalized spacial score (nSPS) is 15.9. The molecule has 2 aromatic rings. The molecule has 0 aromatic heterocycles. The van der Waals surface area contributed by atoms with Gasteiger partial charge in [0, 0.05) is 0 Å². The minimum Gasteiger partial charge on any atom is -0.359 e. The molecule has 6 nitrogen and oxygen atoms in total. The maximum absolute atomic E-state index is 12.8. The number of rotatable bonds is 3. The zero-order valence-corrected chi connectivity index (χ0v) is 16.3. The first-order valence-corrected chi connectivity index (χ1v) is 11.7. The first kappa shape index (κ1) is 19.5. The van der Waals surface area contributed by atoms with Crippen molar-refractivity contribution in [3.8, 4) is 0 Å². The lowest BCUT2D eigenvalue weighted by Crippen LogP contribution is -2.26. The molecule has 0 N–H and O–H groups in total. The Balaban J connectivity index is 1.96. The quantitative estimate of drug-likeness (QED) is 0.337. The summed E-state index contributed by atoms with van der Waals surface area (Å²) in [7, 11) is -8.97. The Morgan fingerprint density at radius 3 is 1.81 bits per heavy atom. The zero-order valence-electron chi connectivity index (χ0n) is 14.7. The SMILES string of the molecule is [N-]=[N+]=C(S(=O)(=O)c1ccccc1)S(=O)(=O)c1ccc(C2CCCCC2)cc1. The molecule has 0 heterocycles. The van der Waals surface area contributed by atoms with Crippen molar-refractivity contribution in [2.45, 2.75) is 47.8 Å². The molecule has 2 aromatic carbocycles. The van der Waals surface area contributed by atoms with Gasteiger partial charge in [0.15, 0.2) is 0 Å². The van der Waals surface area contributed by atoms with Crippen LogP contribution in [0.3, 0.4) is 0 Å². The van der Waals surface area contributed by atoms with Crippen molar-refractivity contribution in [2.75, 3.05) is 0 Å². The highest BCUT2D eigenvalue weighted by Gasteiger charge is 2.43. The minimum atomic E-state index is -4.49. The maximum Gasteiger partial charge on any atom is 0.504 e. The second kappa shape index (κ2) is 7.76. The van der Waals surface area contributed by atoms with Crippen LogP contribution in [0.15, 0.2) is 64.4 Å². The molecular weight excluding hydrogens is 384 g/mol. The summed E-state index contributed by atoms with van der Waals surface area (Å²) in [6.45, 7) is 0. The fourth-order valence-corrected chi connectivity index (χ4v) is 6.77. The number of hydrogen-bond acceptors (Lipinski definition) is 4. The molecule has 1 aliphatic carbocycles. The molecule has 27 heavy (non-hydrogen) atoms. The van der Waals surface area contributed by atoms with Crippen molar-refractivity contribution in [1.82, 2.24) is 0 Å². The van der Waals surface area contributed by atoms with Gasteiger partial charge in [-0.2, -0.15) is 0 Å². The van der Waals surface area contributed by atoms with Gasteiger partial charge in [0.25, 0.3) is 19.7 Å². The highest BCUT2D eigenvalue weighted by Crippen LogP contribution is 2.33. The molecule has 142 valence electrons. The van der Waals surface area contributed by atoms with Crippen molar-refractivity contribution < 1.29 is 21.6 Å². The van der Waals surface area contributed by atoms with E-state index < -0.39 is 24.1 Å². The van der Waals surface area contributed by atoms with E-state index >= 15 is 0 Å². The molecule has 8 heteroatoms. The molecule has 0 atom stereocenters. The van der Waals surface area contributed by atoms with E-state index in [1.807, 2.05) is 0 Å². The molecular formula is C19H20N2O4S2. The second-order valence-electron chi connectivity index (χ2n) is 6.59. The Morgan fingerprint density at radius 2 is 1.30 bits per heavy atom. The van der Waals surface area contributed by atoms with Gasteiger partial charge in [-0.15, -0.1) is 4.79 Å². The van der Waals surface area contributed by atoms with Crippen molar-refractivity contribution in [2.24, 2.45) is 0 Å². The van der Waals surface area contributed by atoms with E-state index in [0.29, 0.717) is 5.92 Å². The van der Waals surface area contributed by atoms with Crippen LogP contribution in [0.4, 0.5) is 0 Å². The van der Waals surface area contributed by atoms with Gasteiger partial charge in [-0.1, -0.05) is 49.6 Å². The summed E-state index contributed by atoms with van der Waals surface area (Å²) in [5, 5.41) is 0. The predicted octanol–water partition coefficient (Wildman–Crippen LogP) is 3.57. The highest BCUT2D eigenvalue weighted by atomic mass is 32.3. The summed E-state index contributed by atoms with van der Waals surface area (Å²) >= 11 is 0. The summed E-state index contributed by atoms with van der Waals surface area (Å²) in [5.41, 5.74) is 10.3. The van der Waals surface area contributed by atoms with Crippen molar-refractivity contribution in [3.63, 3.8) is 0 Å². The lowest BCUT2D eigenvalue weighted by atomic mass is 9.84. The van der Waals surface area contributed by atoms with Crippen LogP contribution in [0.5, 0.6) is 0 Å². The highest BCUT2D eigenvalue weighted by molar-refractivity contribution is 8.31. The number of benzene rings is 2. The van der Waals surface area contributed by atoms with Crippen LogP contribution >= 0.6 is 0 Å². The predicted molar refractivity (Wildman–Crippen MR) is 102 cm³/mol. The van der Waals surface area contributed by atoms with Crippen LogP contribution in [0, 0.1) is 0 Å². The van der Waals surface area contributed by atoms with E-state index in [4.69, 9.17) is 0 Å². The Kier molecular flexibility index (Phi) is 5.60. The maximum atomic E-state index is 12.8. The molecule has 0 amide bonds. The van der Waals surface area contributed by atoms with Crippen LogP contribution in [-0.4, -0.2) is 26.0 Å². The van der Waals surface area contributed by atoms with Crippen molar-refractivity contribution >= 4 is 24.1 Å². The van der Waals surface area contributed by atoms with E-state index in [9.17, 15) is 22.4 Å². The standard InChI is InChI=1S/C19H20N2O4S2/c20-21-19(26(22,23)17-9-5-2-6-10-17)27(24,25)18-13-11-16(12-14-18)15-7-3-1-4-8-15/h2,5-6,9-15H,1,3-4,7-8H2. The third-order valence-electron chi connectivity index (χ3n) is 4.86. The second-order valence-corrected chi connectivity index (χ2v) is 10.6. The van der Waals surface area contributed by atoms with Crippen molar-refractivity contribution in [1.29, 1.82) is 0 Å². The fourth-order valence-electron chi connectivity index (χ4n) is 3.41.